The van der Waals surface area contributed by atoms with Gasteiger partial charge in [0, 0.05) is 36.4 Å². The highest BCUT2D eigenvalue weighted by atomic mass is 35.7. The highest BCUT2D eigenvalue weighted by Crippen LogP contribution is 2.34. The smallest absolute Gasteiger partial charge is 0.261 e. The number of anilines is 1. The lowest BCUT2D eigenvalue weighted by molar-refractivity contribution is 0.0726. The first-order chi connectivity index (χ1) is 13.6. The Labute approximate surface area is 178 Å². The van der Waals surface area contributed by atoms with Crippen molar-refractivity contribution >= 4 is 42.9 Å². The zero-order chi connectivity index (χ0) is 21.3. The van der Waals surface area contributed by atoms with Crippen LogP contribution < -0.4 is 9.64 Å². The van der Waals surface area contributed by atoms with Gasteiger partial charge in [-0.3, -0.25) is 4.79 Å². The van der Waals surface area contributed by atoms with E-state index >= 15 is 0 Å². The number of hydrogen-bond donors (Lipinski definition) is 0. The summed E-state index contributed by atoms with van der Waals surface area (Å²) in [6.45, 7) is 3.09. The molecule has 29 heavy (non-hydrogen) atoms. The molecule has 1 atom stereocenters. The number of rotatable bonds is 4. The third kappa shape index (κ3) is 4.60. The largest absolute Gasteiger partial charge is 0.495 e. The molecule has 3 rings (SSSR count). The molecule has 1 unspecified atom stereocenters. The van der Waals surface area contributed by atoms with Crippen LogP contribution in [0.3, 0.4) is 0 Å². The van der Waals surface area contributed by atoms with Crippen LogP contribution in [0.15, 0.2) is 41.3 Å². The second-order valence-electron chi connectivity index (χ2n) is 6.69. The fourth-order valence-electron chi connectivity index (χ4n) is 3.38. The number of methoxy groups -OCH3 is 1. The fraction of sp³-hybridized carbons (Fsp3) is 0.316. The number of halogens is 3. The predicted octanol–water partition coefficient (Wildman–Crippen LogP) is 3.77. The Morgan fingerprint density at radius 2 is 1.93 bits per heavy atom. The predicted molar refractivity (Wildman–Crippen MR) is 110 cm³/mol. The van der Waals surface area contributed by atoms with E-state index in [1.807, 2.05) is 11.8 Å². The zero-order valence-electron chi connectivity index (χ0n) is 15.7. The normalized spacial score (nSPS) is 17.3. The minimum absolute atomic E-state index is 0.0289. The maximum absolute atomic E-state index is 13.3. The van der Waals surface area contributed by atoms with Gasteiger partial charge in [0.05, 0.1) is 28.3 Å². The van der Waals surface area contributed by atoms with Crippen molar-refractivity contribution in [3.8, 4) is 5.75 Å². The van der Waals surface area contributed by atoms with Crippen molar-refractivity contribution < 1.29 is 22.3 Å². The molecule has 0 aliphatic carbocycles. The standard InChI is InChI=1S/C19H19Cl2FN2O4S/c1-12-11-23(19(25)15-5-3-13(22)9-16(15)20)7-8-24(12)17-10-14(29(21,26)27)4-6-18(17)28-2/h3-6,9-10,12H,7-8,11H2,1-2H3. The van der Waals surface area contributed by atoms with Gasteiger partial charge in [-0.25, -0.2) is 12.8 Å². The third-order valence-electron chi connectivity index (χ3n) is 4.82. The summed E-state index contributed by atoms with van der Waals surface area (Å²) in [5, 5.41) is 0.0618. The SMILES string of the molecule is COc1ccc(S(=O)(=O)Cl)cc1N1CCN(C(=O)c2ccc(F)cc2Cl)CC1C. The van der Waals surface area contributed by atoms with Gasteiger partial charge in [-0.2, -0.15) is 0 Å². The molecule has 0 bridgehead atoms. The summed E-state index contributed by atoms with van der Waals surface area (Å²) in [7, 11) is 3.08. The van der Waals surface area contributed by atoms with Gasteiger partial charge in [0.25, 0.3) is 15.0 Å². The first-order valence-electron chi connectivity index (χ1n) is 8.75. The molecular formula is C19H19Cl2FN2O4S. The number of carbonyl (C=O) groups excluding carboxylic acids is 1. The van der Waals surface area contributed by atoms with Crippen molar-refractivity contribution in [2.24, 2.45) is 0 Å². The quantitative estimate of drug-likeness (QED) is 0.649. The number of benzene rings is 2. The van der Waals surface area contributed by atoms with E-state index < -0.39 is 14.9 Å². The van der Waals surface area contributed by atoms with Crippen molar-refractivity contribution in [2.75, 3.05) is 31.6 Å². The van der Waals surface area contributed by atoms with E-state index in [1.54, 1.807) is 11.0 Å². The molecule has 0 saturated carbocycles. The molecular weight excluding hydrogens is 442 g/mol. The zero-order valence-corrected chi connectivity index (χ0v) is 18.1. The molecule has 1 heterocycles. The summed E-state index contributed by atoms with van der Waals surface area (Å²) in [5.74, 6) is -0.293. The molecule has 1 saturated heterocycles. The molecule has 1 amide bonds. The Hall–Kier alpha value is -2.03. The molecule has 0 N–H and O–H groups in total. The lowest BCUT2D eigenvalue weighted by atomic mass is 10.1. The maximum atomic E-state index is 13.3. The second kappa shape index (κ2) is 8.38. The van der Waals surface area contributed by atoms with Crippen LogP contribution in [-0.2, 0) is 9.05 Å². The lowest BCUT2D eigenvalue weighted by Gasteiger charge is -2.41. The van der Waals surface area contributed by atoms with Gasteiger partial charge in [-0.05, 0) is 43.3 Å². The van der Waals surface area contributed by atoms with Crippen LogP contribution in [-0.4, -0.2) is 52.0 Å². The molecule has 6 nitrogen and oxygen atoms in total. The van der Waals surface area contributed by atoms with Crippen LogP contribution in [0.1, 0.15) is 17.3 Å². The molecule has 1 fully saturated rings. The van der Waals surface area contributed by atoms with Crippen molar-refractivity contribution in [1.82, 2.24) is 4.90 Å². The summed E-state index contributed by atoms with van der Waals surface area (Å²) in [6, 6.07) is 7.92. The number of nitrogens with zero attached hydrogens (tertiary/aromatic N) is 2. The van der Waals surface area contributed by atoms with Crippen molar-refractivity contribution in [2.45, 2.75) is 17.9 Å². The molecule has 156 valence electrons. The van der Waals surface area contributed by atoms with E-state index in [1.165, 1.54) is 31.4 Å². The molecule has 2 aromatic carbocycles. The van der Waals surface area contributed by atoms with Crippen LogP contribution in [0.5, 0.6) is 5.75 Å². The summed E-state index contributed by atoms with van der Waals surface area (Å²) >= 11 is 6.02. The van der Waals surface area contributed by atoms with Crippen LogP contribution in [0, 0.1) is 5.82 Å². The second-order valence-corrected chi connectivity index (χ2v) is 9.66. The van der Waals surface area contributed by atoms with Gasteiger partial charge in [0.1, 0.15) is 11.6 Å². The highest BCUT2D eigenvalue weighted by molar-refractivity contribution is 8.13. The average Bonchev–Trinajstić information content (AvgIpc) is 2.66. The van der Waals surface area contributed by atoms with Crippen LogP contribution in [0.2, 0.25) is 5.02 Å². The molecule has 2 aromatic rings. The van der Waals surface area contributed by atoms with Crippen LogP contribution >= 0.6 is 22.3 Å². The monoisotopic (exact) mass is 460 g/mol. The van der Waals surface area contributed by atoms with E-state index in [9.17, 15) is 17.6 Å². The minimum atomic E-state index is -3.89. The Balaban J connectivity index is 1.84. The number of hydrogen-bond acceptors (Lipinski definition) is 5. The first kappa shape index (κ1) is 21.7. The summed E-state index contributed by atoms with van der Waals surface area (Å²) in [5.41, 5.74) is 0.815. The van der Waals surface area contributed by atoms with Crippen LogP contribution in [0.25, 0.3) is 0 Å². The third-order valence-corrected chi connectivity index (χ3v) is 6.48. The first-order valence-corrected chi connectivity index (χ1v) is 11.4. The van der Waals surface area contributed by atoms with Gasteiger partial charge in [-0.1, -0.05) is 11.6 Å². The lowest BCUT2D eigenvalue weighted by Crippen LogP contribution is -2.54. The molecule has 0 aromatic heterocycles. The van der Waals surface area contributed by atoms with E-state index in [2.05, 4.69) is 0 Å². The van der Waals surface area contributed by atoms with Gasteiger partial charge in [0.15, 0.2) is 0 Å². The minimum Gasteiger partial charge on any atom is -0.495 e. The highest BCUT2D eigenvalue weighted by Gasteiger charge is 2.30. The molecule has 0 radical (unpaired) electrons. The number of amides is 1. The van der Waals surface area contributed by atoms with E-state index in [4.69, 9.17) is 27.0 Å². The van der Waals surface area contributed by atoms with Crippen LogP contribution in [0.4, 0.5) is 10.1 Å². The van der Waals surface area contributed by atoms with Gasteiger partial charge < -0.3 is 14.5 Å². The summed E-state index contributed by atoms with van der Waals surface area (Å²) in [6.07, 6.45) is 0. The fourth-order valence-corrected chi connectivity index (χ4v) is 4.40. The molecule has 0 spiro atoms. The number of carbonyl (C=O) groups is 1. The van der Waals surface area contributed by atoms with E-state index in [0.717, 1.165) is 6.07 Å². The number of ether oxygens (including phenoxy) is 1. The van der Waals surface area contributed by atoms with Crippen molar-refractivity contribution in [3.63, 3.8) is 0 Å². The van der Waals surface area contributed by atoms with Crippen molar-refractivity contribution in [1.29, 1.82) is 0 Å². The Bertz CT molecular complexity index is 1050. The maximum Gasteiger partial charge on any atom is 0.261 e. The molecule has 10 heteroatoms. The Morgan fingerprint density at radius 1 is 1.21 bits per heavy atom. The Morgan fingerprint density at radius 3 is 2.52 bits per heavy atom. The van der Waals surface area contributed by atoms with E-state index in [-0.39, 0.29) is 27.4 Å². The summed E-state index contributed by atoms with van der Waals surface area (Å²) in [4.78, 5) is 16.4. The number of piperazine rings is 1. The summed E-state index contributed by atoms with van der Waals surface area (Å²) < 4.78 is 42.1. The van der Waals surface area contributed by atoms with Gasteiger partial charge >= 0.3 is 0 Å². The van der Waals surface area contributed by atoms with E-state index in [0.29, 0.717) is 31.1 Å². The average molecular weight is 461 g/mol. The topological polar surface area (TPSA) is 66.9 Å². The van der Waals surface area contributed by atoms with Gasteiger partial charge in [-0.15, -0.1) is 0 Å². The van der Waals surface area contributed by atoms with Crippen molar-refractivity contribution in [3.05, 3.63) is 52.8 Å². The Kier molecular flexibility index (Phi) is 6.26. The van der Waals surface area contributed by atoms with Gasteiger partial charge in [0.2, 0.25) is 0 Å². The molecule has 1 aliphatic rings. The molecule has 1 aliphatic heterocycles.